The van der Waals surface area contributed by atoms with Crippen LogP contribution < -0.4 is 42.6 Å². The van der Waals surface area contributed by atoms with Crippen LogP contribution >= 0.6 is 0 Å². The topological polar surface area (TPSA) is 335 Å². The molecule has 28 heteroatoms. The number of ether oxygens (including phenoxy) is 12. The molecular formula is C56H76N6O20S2. The van der Waals surface area contributed by atoms with Crippen molar-refractivity contribution < 1.29 is 92.3 Å². The lowest BCUT2D eigenvalue weighted by molar-refractivity contribution is 0.110. The molecule has 0 bridgehead atoms. The van der Waals surface area contributed by atoms with Gasteiger partial charge in [-0.1, -0.05) is 45.6 Å². The molecule has 2 N–H and O–H groups in total. The average molecular weight is 1220 g/mol. The lowest BCUT2D eigenvalue weighted by Crippen LogP contribution is -2.14. The first-order chi connectivity index (χ1) is 40.7. The number of aliphatic hydroxyl groups excluding tert-OH is 2. The highest BCUT2D eigenvalue weighted by atomic mass is 32.2. The highest BCUT2D eigenvalue weighted by molar-refractivity contribution is 7.87. The summed E-state index contributed by atoms with van der Waals surface area (Å²) >= 11 is 0. The molecule has 462 valence electrons. The first-order valence-corrected chi connectivity index (χ1v) is 29.5. The largest absolute Gasteiger partial charge is 0.493 e. The number of aryl methyl sites for hydroxylation is 2. The van der Waals surface area contributed by atoms with Crippen LogP contribution in [-0.4, -0.2) is 166 Å². The molecule has 0 saturated heterocycles. The van der Waals surface area contributed by atoms with E-state index >= 15 is 0 Å². The van der Waals surface area contributed by atoms with Crippen molar-refractivity contribution in [2.75, 3.05) is 139 Å². The van der Waals surface area contributed by atoms with Gasteiger partial charge in [0.15, 0.2) is 0 Å². The Hall–Kier alpha value is -7.46. The van der Waals surface area contributed by atoms with Gasteiger partial charge in [0, 0.05) is 84.2 Å². The van der Waals surface area contributed by atoms with Gasteiger partial charge in [0.25, 0.3) is 20.2 Å². The van der Waals surface area contributed by atoms with Crippen LogP contribution in [0.15, 0.2) is 123 Å². The summed E-state index contributed by atoms with van der Waals surface area (Å²) in [6, 6.07) is 27.7. The lowest BCUT2D eigenvalue weighted by atomic mass is 10.2. The third-order valence-electron chi connectivity index (χ3n) is 10.2. The fourth-order valence-corrected chi connectivity index (χ4v) is 8.24. The third-order valence-corrected chi connectivity index (χ3v) is 12.9. The second-order valence-corrected chi connectivity index (χ2v) is 19.9. The van der Waals surface area contributed by atoms with Crippen molar-refractivity contribution in [1.82, 2.24) is 0 Å². The molecule has 0 radical (unpaired) electrons. The van der Waals surface area contributed by atoms with E-state index < -0.39 is 20.2 Å². The van der Waals surface area contributed by atoms with Gasteiger partial charge in [-0.15, -0.1) is 0 Å². The van der Waals surface area contributed by atoms with E-state index in [0.29, 0.717) is 105 Å². The molecule has 0 aromatic heterocycles. The van der Waals surface area contributed by atoms with Crippen LogP contribution in [0.2, 0.25) is 0 Å². The zero-order valence-corrected chi connectivity index (χ0v) is 49.5. The van der Waals surface area contributed by atoms with E-state index in [0.717, 1.165) is 11.1 Å². The molecule has 5 rings (SSSR count). The fraction of sp³-hybridized carbons (Fsp3) is 0.464. The molecule has 0 atom stereocenters. The van der Waals surface area contributed by atoms with E-state index in [2.05, 4.69) is 20.1 Å². The summed E-state index contributed by atoms with van der Waals surface area (Å²) in [7, 11) is -7.84. The van der Waals surface area contributed by atoms with Crippen molar-refractivity contribution in [3.8, 4) is 51.7 Å². The molecular weight excluding hydrogens is 1140 g/mol. The Kier molecular flexibility index (Phi) is 35.7. The van der Waals surface area contributed by atoms with E-state index in [1.807, 2.05) is 34.6 Å². The number of azide groups is 2. The minimum absolute atomic E-state index is 0.0603. The van der Waals surface area contributed by atoms with E-state index in [-0.39, 0.29) is 95.6 Å². The Morgan fingerprint density at radius 3 is 0.845 bits per heavy atom. The summed E-state index contributed by atoms with van der Waals surface area (Å²) in [6.07, 6.45) is 0. The van der Waals surface area contributed by atoms with Crippen molar-refractivity contribution in [3.05, 3.63) is 135 Å². The smallest absolute Gasteiger partial charge is 0.297 e. The number of aliphatic hydroxyl groups is 2. The summed E-state index contributed by atoms with van der Waals surface area (Å²) in [6.45, 7) is 14.3. The molecule has 0 saturated carbocycles. The number of hydrogen-bond acceptors (Lipinski definition) is 22. The summed E-state index contributed by atoms with van der Waals surface area (Å²) < 4.78 is 125. The monoisotopic (exact) mass is 1220 g/mol. The quantitative estimate of drug-likeness (QED) is 0.0121. The van der Waals surface area contributed by atoms with Gasteiger partial charge in [-0.25, -0.2) is 0 Å². The van der Waals surface area contributed by atoms with Crippen molar-refractivity contribution in [1.29, 1.82) is 0 Å². The molecule has 0 aliphatic carbocycles. The minimum Gasteiger partial charge on any atom is -0.493 e. The predicted octanol–water partition coefficient (Wildman–Crippen LogP) is 8.61. The number of rotatable bonds is 41. The van der Waals surface area contributed by atoms with Gasteiger partial charge in [-0.3, -0.25) is 8.37 Å². The molecule has 5 aromatic rings. The van der Waals surface area contributed by atoms with Gasteiger partial charge < -0.3 is 67.1 Å². The van der Waals surface area contributed by atoms with E-state index in [4.69, 9.17) is 86.5 Å². The van der Waals surface area contributed by atoms with E-state index in [9.17, 15) is 16.8 Å². The van der Waals surface area contributed by atoms with E-state index in [1.54, 1.807) is 78.9 Å². The normalized spacial score (nSPS) is 10.8. The molecule has 0 spiro atoms. The Morgan fingerprint density at radius 2 is 0.607 bits per heavy atom. The minimum atomic E-state index is -3.92. The van der Waals surface area contributed by atoms with Crippen LogP contribution in [0.1, 0.15) is 31.9 Å². The van der Waals surface area contributed by atoms with Crippen molar-refractivity contribution >= 4 is 20.2 Å². The summed E-state index contributed by atoms with van der Waals surface area (Å²) in [5, 5.41) is 24.3. The highest BCUT2D eigenvalue weighted by Crippen LogP contribution is 2.31. The van der Waals surface area contributed by atoms with Crippen LogP contribution in [0.5, 0.6) is 51.7 Å². The summed E-state index contributed by atoms with van der Waals surface area (Å²) in [5.41, 5.74) is 18.4. The van der Waals surface area contributed by atoms with Gasteiger partial charge in [-0.05, 0) is 69.9 Å². The molecule has 0 aliphatic heterocycles. The summed E-state index contributed by atoms with van der Waals surface area (Å²) in [5.74, 6) is 4.40. The standard InChI is InChI=1S/C28H34O10S2.C14H20N6O4.C14H22O6/c1-4-33-13-14-34-24-19-25(35-15-17-37-39(29,30)27-9-5-22(2)6-10-27)21-26(20-24)36-16-18-38-40(31,32)28-11-7-23(3)8-12-28;1-2-21-7-8-24-14-10-12(22-5-3-17-19-15)9-13(11-14)23-6-4-18-20-16;1-2-17-7-8-20-14-10-12(18-5-3-15)9-13(11-14)19-6-4-16/h5-12,19-21H,4,13-18H2,1-3H3;9-11H,2-8H2,1H3;9-11,15-16H,2-8H2,1H3. The maximum atomic E-state index is 12.4. The maximum absolute atomic E-state index is 12.4. The van der Waals surface area contributed by atoms with Crippen LogP contribution in [0.25, 0.3) is 20.9 Å². The number of benzene rings is 5. The zero-order chi connectivity index (χ0) is 61.1. The van der Waals surface area contributed by atoms with Gasteiger partial charge in [-0.2, -0.15) is 16.8 Å². The van der Waals surface area contributed by atoms with Crippen LogP contribution in [-0.2, 0) is 42.8 Å². The van der Waals surface area contributed by atoms with Crippen LogP contribution in [0, 0.1) is 13.8 Å². The van der Waals surface area contributed by atoms with Crippen molar-refractivity contribution in [2.45, 2.75) is 44.4 Å². The zero-order valence-electron chi connectivity index (χ0n) is 47.9. The first-order valence-electron chi connectivity index (χ1n) is 26.7. The third kappa shape index (κ3) is 30.7. The van der Waals surface area contributed by atoms with Gasteiger partial charge >= 0.3 is 0 Å². The van der Waals surface area contributed by atoms with Crippen LogP contribution in [0.4, 0.5) is 0 Å². The molecule has 0 aliphatic rings. The first kappa shape index (κ1) is 70.8. The highest BCUT2D eigenvalue weighted by Gasteiger charge is 2.17. The fourth-order valence-electron chi connectivity index (χ4n) is 6.45. The molecule has 0 unspecified atom stereocenters. The number of hydrogen-bond donors (Lipinski definition) is 2. The Morgan fingerprint density at radius 1 is 0.369 bits per heavy atom. The second kappa shape index (κ2) is 42.4. The van der Waals surface area contributed by atoms with Gasteiger partial charge in [0.1, 0.15) is 111 Å². The molecule has 0 heterocycles. The van der Waals surface area contributed by atoms with Crippen molar-refractivity contribution in [3.63, 3.8) is 0 Å². The predicted molar refractivity (Wildman–Crippen MR) is 309 cm³/mol. The van der Waals surface area contributed by atoms with E-state index in [1.165, 1.54) is 24.3 Å². The Balaban J connectivity index is 0.000000358. The number of nitrogens with zero attached hydrogens (tertiary/aromatic N) is 6. The van der Waals surface area contributed by atoms with Gasteiger partial charge in [0.05, 0.1) is 69.1 Å². The average Bonchev–Trinajstić information content (AvgIpc) is 3.60. The molecule has 84 heavy (non-hydrogen) atoms. The van der Waals surface area contributed by atoms with Crippen LogP contribution in [0.3, 0.4) is 0 Å². The van der Waals surface area contributed by atoms with Crippen molar-refractivity contribution in [2.24, 2.45) is 10.2 Å². The Labute approximate surface area is 490 Å². The maximum Gasteiger partial charge on any atom is 0.297 e. The Bertz CT molecular complexity index is 2780. The second-order valence-electron chi connectivity index (χ2n) is 16.7. The molecule has 26 nitrogen and oxygen atoms in total. The lowest BCUT2D eigenvalue weighted by Gasteiger charge is -2.14. The molecule has 0 fully saturated rings. The molecule has 5 aromatic carbocycles. The summed E-state index contributed by atoms with van der Waals surface area (Å²) in [4.78, 5) is 5.44. The van der Waals surface area contributed by atoms with Gasteiger partial charge in [0.2, 0.25) is 0 Å². The molecule has 0 amide bonds. The SMILES string of the molecule is CCOCCOc1cc(OCCN=[N+]=[N-])cc(OCCN=[N+]=[N-])c1.CCOCCOc1cc(OCCO)cc(OCCO)c1.CCOCCOc1cc(OCCOS(=O)(=O)c2ccc(C)cc2)cc(OCCOS(=O)(=O)c2ccc(C)cc2)c1.